The molecule has 0 saturated heterocycles. The topological polar surface area (TPSA) is 119 Å². The van der Waals surface area contributed by atoms with Crippen molar-refractivity contribution in [3.8, 4) is 0 Å². The van der Waals surface area contributed by atoms with Gasteiger partial charge < -0.3 is 16.8 Å². The zero-order valence-corrected chi connectivity index (χ0v) is 10.4. The van der Waals surface area contributed by atoms with E-state index in [9.17, 15) is 4.91 Å². The van der Waals surface area contributed by atoms with Crippen LogP contribution in [0.2, 0.25) is 0 Å². The van der Waals surface area contributed by atoms with Crippen molar-refractivity contribution >= 4 is 23.3 Å². The number of nitrogen functional groups attached to an aromatic ring is 2. The van der Waals surface area contributed by atoms with Crippen molar-refractivity contribution in [2.75, 3.05) is 16.8 Å². The molecule has 2 aromatic rings. The third kappa shape index (κ3) is 2.76. The molecule has 1 aromatic carbocycles. The minimum Gasteiger partial charge on any atom is -0.382 e. The molecule has 7 heteroatoms. The predicted octanol–water partition coefficient (Wildman–Crippen LogP) is 2.21. The second-order valence-corrected chi connectivity index (χ2v) is 4.03. The Morgan fingerprint density at radius 3 is 2.26 bits per heavy atom. The molecule has 2 rings (SSSR count). The van der Waals surface area contributed by atoms with Gasteiger partial charge in [-0.3, -0.25) is 0 Å². The first-order valence-electron chi connectivity index (χ1n) is 5.69. The van der Waals surface area contributed by atoms with Crippen LogP contribution in [0.5, 0.6) is 0 Å². The first kappa shape index (κ1) is 12.7. The van der Waals surface area contributed by atoms with E-state index in [-0.39, 0.29) is 29.3 Å². The van der Waals surface area contributed by atoms with Crippen LogP contribution in [0.3, 0.4) is 0 Å². The zero-order chi connectivity index (χ0) is 13.8. The Morgan fingerprint density at radius 1 is 1.16 bits per heavy atom. The van der Waals surface area contributed by atoms with Crippen molar-refractivity contribution in [3.63, 3.8) is 0 Å². The highest BCUT2D eigenvalue weighted by Crippen LogP contribution is 2.28. The molecule has 1 atom stereocenters. The van der Waals surface area contributed by atoms with Crippen LogP contribution in [0.25, 0.3) is 0 Å². The van der Waals surface area contributed by atoms with E-state index in [0.717, 1.165) is 5.56 Å². The fourth-order valence-corrected chi connectivity index (χ4v) is 1.67. The molecule has 1 heterocycles. The Kier molecular flexibility index (Phi) is 3.56. The molecule has 1 aromatic heterocycles. The van der Waals surface area contributed by atoms with Crippen LogP contribution in [-0.4, -0.2) is 9.97 Å². The van der Waals surface area contributed by atoms with Crippen LogP contribution in [0.4, 0.5) is 23.3 Å². The Balaban J connectivity index is 2.22. The van der Waals surface area contributed by atoms with Gasteiger partial charge in [0.25, 0.3) is 0 Å². The van der Waals surface area contributed by atoms with E-state index < -0.39 is 0 Å². The van der Waals surface area contributed by atoms with Crippen LogP contribution in [0.15, 0.2) is 35.5 Å². The van der Waals surface area contributed by atoms with Crippen LogP contribution < -0.4 is 16.8 Å². The fourth-order valence-electron chi connectivity index (χ4n) is 1.67. The Bertz CT molecular complexity index is 563. The number of anilines is 3. The summed E-state index contributed by atoms with van der Waals surface area (Å²) in [5, 5.41) is 5.76. The molecule has 0 radical (unpaired) electrons. The lowest BCUT2D eigenvalue weighted by Crippen LogP contribution is -2.11. The molecule has 98 valence electrons. The largest absolute Gasteiger partial charge is 0.382 e. The highest BCUT2D eigenvalue weighted by molar-refractivity contribution is 5.71. The average molecular weight is 258 g/mol. The van der Waals surface area contributed by atoms with Crippen molar-refractivity contribution < 1.29 is 0 Å². The van der Waals surface area contributed by atoms with Gasteiger partial charge in [0.15, 0.2) is 17.3 Å². The van der Waals surface area contributed by atoms with Crippen LogP contribution in [0.1, 0.15) is 18.5 Å². The lowest BCUT2D eigenvalue weighted by atomic mass is 10.1. The summed E-state index contributed by atoms with van der Waals surface area (Å²) in [5.41, 5.74) is 12.1. The van der Waals surface area contributed by atoms with Crippen molar-refractivity contribution in [2.45, 2.75) is 13.0 Å². The Hall–Kier alpha value is -2.70. The molecule has 1 unspecified atom stereocenters. The lowest BCUT2D eigenvalue weighted by Gasteiger charge is -2.14. The van der Waals surface area contributed by atoms with Gasteiger partial charge in [0.05, 0.1) is 6.04 Å². The number of hydrogen-bond acceptors (Lipinski definition) is 7. The SMILES string of the molecule is CC(Nc1nc(N)c(N=O)c(N)n1)c1ccccc1. The third-order valence-corrected chi connectivity index (χ3v) is 2.67. The maximum absolute atomic E-state index is 10.5. The van der Waals surface area contributed by atoms with E-state index in [4.69, 9.17) is 11.5 Å². The van der Waals surface area contributed by atoms with Gasteiger partial charge in [-0.2, -0.15) is 9.97 Å². The van der Waals surface area contributed by atoms with Crippen LogP contribution >= 0.6 is 0 Å². The predicted molar refractivity (Wildman–Crippen MR) is 74.8 cm³/mol. The molecule has 0 aliphatic heterocycles. The molecule has 5 N–H and O–H groups in total. The molecular weight excluding hydrogens is 244 g/mol. The number of benzene rings is 1. The second-order valence-electron chi connectivity index (χ2n) is 4.03. The molecule has 19 heavy (non-hydrogen) atoms. The molecule has 7 nitrogen and oxygen atoms in total. The maximum atomic E-state index is 10.5. The molecular formula is C12H14N6O. The molecule has 0 spiro atoms. The third-order valence-electron chi connectivity index (χ3n) is 2.67. The van der Waals surface area contributed by atoms with Gasteiger partial charge in [0.1, 0.15) is 0 Å². The minimum absolute atomic E-state index is 0.0185. The van der Waals surface area contributed by atoms with Gasteiger partial charge in [-0.1, -0.05) is 30.3 Å². The molecule has 0 fully saturated rings. The summed E-state index contributed by atoms with van der Waals surface area (Å²) in [7, 11) is 0. The molecule has 0 saturated carbocycles. The summed E-state index contributed by atoms with van der Waals surface area (Å²) in [5.74, 6) is 0.189. The van der Waals surface area contributed by atoms with E-state index in [0.29, 0.717) is 0 Å². The van der Waals surface area contributed by atoms with Crippen LogP contribution in [0, 0.1) is 4.91 Å². The summed E-state index contributed by atoms with van der Waals surface area (Å²) in [6.45, 7) is 1.96. The first-order valence-corrected chi connectivity index (χ1v) is 5.69. The van der Waals surface area contributed by atoms with Crippen molar-refractivity contribution in [3.05, 3.63) is 40.8 Å². The standard InChI is InChI=1S/C12H14N6O/c1-7(8-5-3-2-4-6-8)15-12-16-10(13)9(18-19)11(14)17-12/h2-7H,1H3,(H5,13,14,15,16,17). The summed E-state index contributed by atoms with van der Waals surface area (Å²) in [6.07, 6.45) is 0. The van der Waals surface area contributed by atoms with Gasteiger partial charge >= 0.3 is 0 Å². The second kappa shape index (κ2) is 5.30. The van der Waals surface area contributed by atoms with Gasteiger partial charge in [0.2, 0.25) is 5.95 Å². The highest BCUT2D eigenvalue weighted by atomic mass is 16.3. The van der Waals surface area contributed by atoms with Gasteiger partial charge in [-0.25, -0.2) is 0 Å². The van der Waals surface area contributed by atoms with Crippen molar-refractivity contribution in [1.82, 2.24) is 9.97 Å². The Labute approximate surface area is 110 Å². The average Bonchev–Trinajstić information content (AvgIpc) is 2.39. The highest BCUT2D eigenvalue weighted by Gasteiger charge is 2.12. The molecule has 0 aliphatic carbocycles. The number of rotatable bonds is 4. The van der Waals surface area contributed by atoms with E-state index in [2.05, 4.69) is 20.5 Å². The number of nitrogens with zero attached hydrogens (tertiary/aromatic N) is 3. The molecule has 0 aliphatic rings. The molecule has 0 bridgehead atoms. The summed E-state index contributed by atoms with van der Waals surface area (Å²) in [4.78, 5) is 18.4. The maximum Gasteiger partial charge on any atom is 0.227 e. The quantitative estimate of drug-likeness (QED) is 0.723. The number of nitrogens with one attached hydrogen (secondary N) is 1. The van der Waals surface area contributed by atoms with E-state index in [1.165, 1.54) is 0 Å². The number of hydrogen-bond donors (Lipinski definition) is 3. The fraction of sp³-hybridized carbons (Fsp3) is 0.167. The van der Waals surface area contributed by atoms with Crippen molar-refractivity contribution in [1.29, 1.82) is 0 Å². The van der Waals surface area contributed by atoms with E-state index >= 15 is 0 Å². The van der Waals surface area contributed by atoms with Gasteiger partial charge in [-0.05, 0) is 17.7 Å². The lowest BCUT2D eigenvalue weighted by molar-refractivity contribution is 0.862. The van der Waals surface area contributed by atoms with Crippen molar-refractivity contribution in [2.24, 2.45) is 5.18 Å². The smallest absolute Gasteiger partial charge is 0.227 e. The van der Waals surface area contributed by atoms with Gasteiger partial charge in [-0.15, -0.1) is 4.91 Å². The number of nitrogens with two attached hydrogens (primary N) is 2. The first-order chi connectivity index (χ1) is 9.11. The Morgan fingerprint density at radius 2 is 1.74 bits per heavy atom. The normalized spacial score (nSPS) is 11.8. The van der Waals surface area contributed by atoms with E-state index in [1.54, 1.807) is 0 Å². The van der Waals surface area contributed by atoms with E-state index in [1.807, 2.05) is 37.3 Å². The summed E-state index contributed by atoms with van der Waals surface area (Å²) >= 11 is 0. The number of nitroso groups, excluding NO2 is 1. The number of aromatic nitrogens is 2. The zero-order valence-electron chi connectivity index (χ0n) is 10.4. The monoisotopic (exact) mass is 258 g/mol. The van der Waals surface area contributed by atoms with Crippen LogP contribution in [-0.2, 0) is 0 Å². The minimum atomic E-state index is -0.127. The summed E-state index contributed by atoms with van der Waals surface area (Å²) < 4.78 is 0. The van der Waals surface area contributed by atoms with Gasteiger partial charge in [0, 0.05) is 0 Å². The molecule has 0 amide bonds. The summed E-state index contributed by atoms with van der Waals surface area (Å²) in [6, 6.07) is 9.76.